The molecule has 0 fully saturated rings. The van der Waals surface area contributed by atoms with Crippen LogP contribution in [-0.4, -0.2) is 43.9 Å². The molecule has 1 unspecified atom stereocenters. The third-order valence-electron chi connectivity index (χ3n) is 2.29. The van der Waals surface area contributed by atoms with Crippen LogP contribution in [0.4, 0.5) is 4.39 Å². The zero-order valence-corrected chi connectivity index (χ0v) is 12.6. The molecular weight excluding hydrogens is 235 g/mol. The van der Waals surface area contributed by atoms with Gasteiger partial charge in [0, 0.05) is 16.3 Å². The molecule has 0 rings (SSSR count). The number of rotatable bonds is 8. The Morgan fingerprint density at radius 1 is 1.44 bits per heavy atom. The van der Waals surface area contributed by atoms with Crippen molar-refractivity contribution < 1.29 is 16.8 Å². The predicted octanol–water partition coefficient (Wildman–Crippen LogP) is 2.38. The van der Waals surface area contributed by atoms with Gasteiger partial charge in [-0.15, -0.1) is 0 Å². The van der Waals surface area contributed by atoms with Crippen molar-refractivity contribution >= 4 is 5.91 Å². The summed E-state index contributed by atoms with van der Waals surface area (Å²) in [4.78, 5) is 10.6. The van der Waals surface area contributed by atoms with Crippen molar-refractivity contribution in [1.82, 2.24) is 10.6 Å². The summed E-state index contributed by atoms with van der Waals surface area (Å²) >= 11 is 0. The molecular formula is C13H33FN2O2. The molecule has 114 valence electrons. The summed E-state index contributed by atoms with van der Waals surface area (Å²) in [6, 6.07) is 0. The summed E-state index contributed by atoms with van der Waals surface area (Å²) in [5.74, 6) is -0.230. The number of ether oxygens (including phenoxy) is 1. The number of likely N-dealkylation sites (N-methyl/N-ethyl adjacent to an activating group) is 1. The van der Waals surface area contributed by atoms with E-state index in [-0.39, 0.29) is 15.3 Å². The molecule has 0 aromatic heterocycles. The summed E-state index contributed by atoms with van der Waals surface area (Å²) in [5, 5.41) is 5.54. The number of carbonyl (C=O) groups is 1. The van der Waals surface area contributed by atoms with E-state index in [0.29, 0.717) is 13.2 Å². The Hall–Kier alpha value is -0.680. The summed E-state index contributed by atoms with van der Waals surface area (Å²) in [6.07, 6.45) is -1.21. The molecule has 4 nitrogen and oxygen atoms in total. The lowest BCUT2D eigenvalue weighted by Gasteiger charge is -2.29. The SMILES string of the molecule is CC.CCNCCOC(C)(C)C(F)CNC(C)=O.[HH].[HH]. The topological polar surface area (TPSA) is 50.4 Å². The van der Waals surface area contributed by atoms with Crippen LogP contribution in [0.15, 0.2) is 0 Å². The Morgan fingerprint density at radius 2 is 2.00 bits per heavy atom. The highest BCUT2D eigenvalue weighted by Crippen LogP contribution is 2.17. The number of hydrogen-bond donors (Lipinski definition) is 2. The Morgan fingerprint density at radius 3 is 2.44 bits per heavy atom. The van der Waals surface area contributed by atoms with Crippen LogP contribution in [0.3, 0.4) is 0 Å². The number of nitrogens with one attached hydrogen (secondary N) is 2. The van der Waals surface area contributed by atoms with Gasteiger partial charge in [0.1, 0.15) is 6.17 Å². The number of alkyl halides is 1. The van der Waals surface area contributed by atoms with Crippen molar-refractivity contribution in [2.45, 2.75) is 53.3 Å². The van der Waals surface area contributed by atoms with Gasteiger partial charge < -0.3 is 15.4 Å². The number of carbonyl (C=O) groups excluding carboxylic acids is 1. The van der Waals surface area contributed by atoms with Crippen molar-refractivity contribution in [3.63, 3.8) is 0 Å². The van der Waals surface area contributed by atoms with E-state index in [2.05, 4.69) is 10.6 Å². The molecule has 0 saturated heterocycles. The first-order valence-corrected chi connectivity index (χ1v) is 6.63. The first kappa shape index (κ1) is 19.7. The molecule has 1 atom stereocenters. The zero-order chi connectivity index (χ0) is 14.6. The lowest BCUT2D eigenvalue weighted by Crippen LogP contribution is -2.44. The Kier molecular flexibility index (Phi) is 12.5. The van der Waals surface area contributed by atoms with E-state index in [1.165, 1.54) is 6.92 Å². The van der Waals surface area contributed by atoms with E-state index < -0.39 is 11.8 Å². The van der Waals surface area contributed by atoms with E-state index in [1.807, 2.05) is 20.8 Å². The normalized spacial score (nSPS) is 12.4. The minimum Gasteiger partial charge on any atom is -0.371 e. The van der Waals surface area contributed by atoms with Crippen LogP contribution in [0.1, 0.15) is 44.4 Å². The molecule has 0 aliphatic carbocycles. The number of amides is 1. The molecule has 0 heterocycles. The fraction of sp³-hybridized carbons (Fsp3) is 0.923. The van der Waals surface area contributed by atoms with E-state index in [1.54, 1.807) is 13.8 Å². The van der Waals surface area contributed by atoms with E-state index in [0.717, 1.165) is 6.54 Å². The van der Waals surface area contributed by atoms with Crippen LogP contribution < -0.4 is 10.6 Å². The van der Waals surface area contributed by atoms with Crippen LogP contribution in [0.5, 0.6) is 0 Å². The minimum absolute atomic E-state index is 0. The van der Waals surface area contributed by atoms with Crippen molar-refractivity contribution in [2.75, 3.05) is 26.2 Å². The Balaban J connectivity index is -0.000000304. The van der Waals surface area contributed by atoms with E-state index in [9.17, 15) is 9.18 Å². The maximum Gasteiger partial charge on any atom is 0.216 e. The van der Waals surface area contributed by atoms with E-state index >= 15 is 0 Å². The Labute approximate surface area is 114 Å². The first-order valence-electron chi connectivity index (χ1n) is 6.63. The van der Waals surface area contributed by atoms with Gasteiger partial charge in [-0.05, 0) is 20.4 Å². The molecule has 2 N–H and O–H groups in total. The summed E-state index contributed by atoms with van der Waals surface area (Å²) in [7, 11) is 0. The van der Waals surface area contributed by atoms with Gasteiger partial charge in [0.05, 0.1) is 18.8 Å². The molecule has 1 amide bonds. The van der Waals surface area contributed by atoms with Gasteiger partial charge >= 0.3 is 0 Å². The molecule has 0 aromatic carbocycles. The van der Waals surface area contributed by atoms with Gasteiger partial charge in [-0.1, -0.05) is 20.8 Å². The molecule has 0 aromatic rings. The highest BCUT2D eigenvalue weighted by atomic mass is 19.1. The Bertz CT molecular complexity index is 221. The van der Waals surface area contributed by atoms with Crippen LogP contribution in [0.25, 0.3) is 0 Å². The van der Waals surface area contributed by atoms with Crippen LogP contribution in [0.2, 0.25) is 0 Å². The minimum atomic E-state index is -1.21. The van der Waals surface area contributed by atoms with Gasteiger partial charge in [0.15, 0.2) is 0 Å². The van der Waals surface area contributed by atoms with E-state index in [4.69, 9.17) is 4.74 Å². The molecule has 0 radical (unpaired) electrons. The molecule has 0 aliphatic heterocycles. The lowest BCUT2D eigenvalue weighted by atomic mass is 10.0. The molecule has 0 spiro atoms. The number of hydrogen-bond acceptors (Lipinski definition) is 3. The highest BCUT2D eigenvalue weighted by Gasteiger charge is 2.30. The van der Waals surface area contributed by atoms with Gasteiger partial charge in [-0.25, -0.2) is 4.39 Å². The monoisotopic (exact) mass is 268 g/mol. The zero-order valence-electron chi connectivity index (χ0n) is 12.6. The summed E-state index contributed by atoms with van der Waals surface area (Å²) in [6.45, 7) is 12.8. The molecule has 0 aliphatic rings. The predicted molar refractivity (Wildman–Crippen MR) is 77.7 cm³/mol. The van der Waals surface area contributed by atoms with Gasteiger partial charge in [-0.2, -0.15) is 0 Å². The van der Waals surface area contributed by atoms with Crippen LogP contribution in [0, 0.1) is 0 Å². The maximum atomic E-state index is 13.7. The maximum absolute atomic E-state index is 13.7. The average molecular weight is 268 g/mol. The molecule has 5 heteroatoms. The smallest absolute Gasteiger partial charge is 0.216 e. The van der Waals surface area contributed by atoms with Gasteiger partial charge in [-0.3, -0.25) is 4.79 Å². The van der Waals surface area contributed by atoms with Crippen molar-refractivity contribution in [3.8, 4) is 0 Å². The first-order chi connectivity index (χ1) is 8.40. The molecule has 0 saturated carbocycles. The highest BCUT2D eigenvalue weighted by molar-refractivity contribution is 5.72. The summed E-state index contributed by atoms with van der Waals surface area (Å²) < 4.78 is 19.1. The number of halogens is 1. The van der Waals surface area contributed by atoms with Crippen molar-refractivity contribution in [1.29, 1.82) is 0 Å². The fourth-order valence-corrected chi connectivity index (χ4v) is 1.13. The van der Waals surface area contributed by atoms with Crippen LogP contribution >= 0.6 is 0 Å². The quantitative estimate of drug-likeness (QED) is 0.665. The average Bonchev–Trinajstić information content (AvgIpc) is 2.34. The van der Waals surface area contributed by atoms with Crippen LogP contribution in [-0.2, 0) is 9.53 Å². The largest absolute Gasteiger partial charge is 0.371 e. The molecule has 0 bridgehead atoms. The third-order valence-corrected chi connectivity index (χ3v) is 2.29. The van der Waals surface area contributed by atoms with Crippen molar-refractivity contribution in [2.24, 2.45) is 0 Å². The van der Waals surface area contributed by atoms with Gasteiger partial charge in [0.25, 0.3) is 0 Å². The lowest BCUT2D eigenvalue weighted by molar-refractivity contribution is -0.120. The molecule has 18 heavy (non-hydrogen) atoms. The second-order valence-electron chi connectivity index (χ2n) is 4.21. The summed E-state index contributed by atoms with van der Waals surface area (Å²) in [5.41, 5.74) is -0.877. The fourth-order valence-electron chi connectivity index (χ4n) is 1.13. The van der Waals surface area contributed by atoms with Crippen molar-refractivity contribution in [3.05, 3.63) is 0 Å². The second-order valence-corrected chi connectivity index (χ2v) is 4.21. The third kappa shape index (κ3) is 10.5. The standard InChI is InChI=1S/C11H23FN2O2.C2H6.2H2/c1-5-13-6-7-16-11(3,4)10(12)8-14-9(2)15;1-2;;/h10,13H,5-8H2,1-4H3,(H,14,15);1-2H3;2*1H. The van der Waals surface area contributed by atoms with Gasteiger partial charge in [0.2, 0.25) is 5.91 Å². The second kappa shape index (κ2) is 11.4.